The second-order valence-corrected chi connectivity index (χ2v) is 7.14. The van der Waals surface area contributed by atoms with E-state index >= 15 is 0 Å². The van der Waals surface area contributed by atoms with Gasteiger partial charge in [-0.2, -0.15) is 0 Å². The highest BCUT2D eigenvalue weighted by Gasteiger charge is 2.36. The number of hydrogen-bond acceptors (Lipinski definition) is 4. The number of nitrogens with zero attached hydrogens (tertiary/aromatic N) is 2. The Morgan fingerprint density at radius 3 is 2.71 bits per heavy atom. The fourth-order valence-corrected chi connectivity index (χ4v) is 3.91. The van der Waals surface area contributed by atoms with Crippen molar-refractivity contribution in [3.05, 3.63) is 54.1 Å². The van der Waals surface area contributed by atoms with Gasteiger partial charge in [0, 0.05) is 38.3 Å². The summed E-state index contributed by atoms with van der Waals surface area (Å²) >= 11 is 0. The van der Waals surface area contributed by atoms with E-state index in [1.807, 2.05) is 55.5 Å². The van der Waals surface area contributed by atoms with Gasteiger partial charge >= 0.3 is 0 Å². The Balaban J connectivity index is 1.53. The minimum Gasteiger partial charge on any atom is -0.494 e. The van der Waals surface area contributed by atoms with E-state index in [0.29, 0.717) is 31.8 Å². The van der Waals surface area contributed by atoms with Crippen LogP contribution in [0.3, 0.4) is 0 Å². The highest BCUT2D eigenvalue weighted by Crippen LogP contribution is 2.25. The third-order valence-electron chi connectivity index (χ3n) is 5.37. The van der Waals surface area contributed by atoms with Gasteiger partial charge in [-0.1, -0.05) is 24.3 Å². The smallest absolute Gasteiger partial charge is 0.253 e. The Hall–Kier alpha value is -2.86. The molecule has 0 aromatic heterocycles. The van der Waals surface area contributed by atoms with Crippen LogP contribution in [0.4, 0.5) is 0 Å². The van der Waals surface area contributed by atoms with Crippen LogP contribution in [-0.4, -0.2) is 67.0 Å². The van der Waals surface area contributed by atoms with Gasteiger partial charge in [0.25, 0.3) is 5.91 Å². The van der Waals surface area contributed by atoms with E-state index in [-0.39, 0.29) is 17.9 Å². The van der Waals surface area contributed by atoms with Crippen LogP contribution in [0, 0.1) is 0 Å². The molecule has 2 saturated heterocycles. The highest BCUT2D eigenvalue weighted by molar-refractivity contribution is 5.96. The second-order valence-electron chi connectivity index (χ2n) is 7.14. The van der Waals surface area contributed by atoms with E-state index in [1.54, 1.807) is 4.90 Å². The molecule has 0 aliphatic carbocycles. The van der Waals surface area contributed by atoms with Gasteiger partial charge in [0.1, 0.15) is 11.8 Å². The molecule has 6 nitrogen and oxygen atoms in total. The summed E-state index contributed by atoms with van der Waals surface area (Å²) in [6, 6.07) is 15.3. The summed E-state index contributed by atoms with van der Waals surface area (Å²) in [4.78, 5) is 29.2. The summed E-state index contributed by atoms with van der Waals surface area (Å²) < 4.78 is 5.58. The standard InChI is InChI=1S/C22H25N3O3/c1-2-28-19-8-4-6-17(14-19)16-5-3-7-18(13-16)22(27)25-12-11-24-10-9-23-21(26)20(24)15-25/h3-8,13-14,20H,2,9-12,15H2,1H3,(H,23,26). The summed E-state index contributed by atoms with van der Waals surface area (Å²) in [5.74, 6) is 0.808. The van der Waals surface area contributed by atoms with Crippen LogP contribution in [0.5, 0.6) is 5.75 Å². The maximum atomic E-state index is 13.1. The lowest BCUT2D eigenvalue weighted by Crippen LogP contribution is -2.64. The average molecular weight is 379 g/mol. The van der Waals surface area contributed by atoms with Crippen LogP contribution in [0.15, 0.2) is 48.5 Å². The number of amides is 2. The van der Waals surface area contributed by atoms with Crippen LogP contribution in [0.1, 0.15) is 17.3 Å². The Kier molecular flexibility index (Phi) is 5.30. The lowest BCUT2D eigenvalue weighted by molar-refractivity contribution is -0.131. The number of hydrogen-bond donors (Lipinski definition) is 1. The first kappa shape index (κ1) is 18.5. The fourth-order valence-electron chi connectivity index (χ4n) is 3.91. The van der Waals surface area contributed by atoms with Crippen molar-refractivity contribution >= 4 is 11.8 Å². The van der Waals surface area contributed by atoms with Crippen molar-refractivity contribution in [2.45, 2.75) is 13.0 Å². The summed E-state index contributed by atoms with van der Waals surface area (Å²) in [6.45, 7) is 5.93. The molecule has 28 heavy (non-hydrogen) atoms. The van der Waals surface area contributed by atoms with E-state index < -0.39 is 0 Å². The quantitative estimate of drug-likeness (QED) is 0.883. The average Bonchev–Trinajstić information content (AvgIpc) is 2.74. The molecule has 2 heterocycles. The summed E-state index contributed by atoms with van der Waals surface area (Å²) in [5.41, 5.74) is 2.63. The van der Waals surface area contributed by atoms with Gasteiger partial charge in [-0.05, 0) is 42.3 Å². The molecule has 1 unspecified atom stereocenters. The van der Waals surface area contributed by atoms with Crippen molar-refractivity contribution < 1.29 is 14.3 Å². The molecule has 0 spiro atoms. The zero-order chi connectivity index (χ0) is 19.5. The molecule has 6 heteroatoms. The molecule has 0 saturated carbocycles. The predicted molar refractivity (Wildman–Crippen MR) is 107 cm³/mol. The largest absolute Gasteiger partial charge is 0.494 e. The number of carbonyl (C=O) groups is 2. The molecule has 1 N–H and O–H groups in total. The van der Waals surface area contributed by atoms with Gasteiger partial charge in [0.05, 0.1) is 6.61 Å². The number of carbonyl (C=O) groups excluding carboxylic acids is 2. The van der Waals surface area contributed by atoms with Crippen molar-refractivity contribution in [2.24, 2.45) is 0 Å². The lowest BCUT2D eigenvalue weighted by atomic mass is 10.0. The molecule has 2 fully saturated rings. The number of ether oxygens (including phenoxy) is 1. The van der Waals surface area contributed by atoms with Gasteiger partial charge < -0.3 is 15.0 Å². The third kappa shape index (κ3) is 3.73. The van der Waals surface area contributed by atoms with Gasteiger partial charge in [-0.25, -0.2) is 0 Å². The summed E-state index contributed by atoms with van der Waals surface area (Å²) in [5, 5.41) is 2.90. The Morgan fingerprint density at radius 1 is 1.11 bits per heavy atom. The first-order valence-electron chi connectivity index (χ1n) is 9.80. The van der Waals surface area contributed by atoms with Gasteiger partial charge in [0.15, 0.2) is 0 Å². The van der Waals surface area contributed by atoms with E-state index in [4.69, 9.17) is 4.74 Å². The topological polar surface area (TPSA) is 61.9 Å². The molecule has 2 aromatic carbocycles. The monoisotopic (exact) mass is 379 g/mol. The Bertz CT molecular complexity index is 883. The molecular weight excluding hydrogens is 354 g/mol. The van der Waals surface area contributed by atoms with Crippen molar-refractivity contribution in [3.63, 3.8) is 0 Å². The number of nitrogens with one attached hydrogen (secondary N) is 1. The number of piperazine rings is 2. The highest BCUT2D eigenvalue weighted by atomic mass is 16.5. The molecule has 0 radical (unpaired) electrons. The molecule has 2 aliphatic heterocycles. The molecule has 4 rings (SSSR count). The van der Waals surface area contributed by atoms with Crippen LogP contribution >= 0.6 is 0 Å². The lowest BCUT2D eigenvalue weighted by Gasteiger charge is -2.43. The molecule has 146 valence electrons. The minimum atomic E-state index is -0.238. The van der Waals surface area contributed by atoms with Gasteiger partial charge in [-0.3, -0.25) is 14.5 Å². The van der Waals surface area contributed by atoms with E-state index in [0.717, 1.165) is 30.0 Å². The van der Waals surface area contributed by atoms with E-state index in [2.05, 4.69) is 10.2 Å². The zero-order valence-electron chi connectivity index (χ0n) is 16.1. The van der Waals surface area contributed by atoms with Crippen LogP contribution in [0.2, 0.25) is 0 Å². The van der Waals surface area contributed by atoms with Gasteiger partial charge in [0.2, 0.25) is 5.91 Å². The van der Waals surface area contributed by atoms with E-state index in [9.17, 15) is 9.59 Å². The predicted octanol–water partition coefficient (Wildman–Crippen LogP) is 2.01. The molecule has 2 aromatic rings. The molecule has 2 amide bonds. The summed E-state index contributed by atoms with van der Waals surface area (Å²) in [6.07, 6.45) is 0. The van der Waals surface area contributed by atoms with Crippen LogP contribution in [0.25, 0.3) is 11.1 Å². The molecule has 2 aliphatic rings. The van der Waals surface area contributed by atoms with Crippen LogP contribution < -0.4 is 10.1 Å². The maximum Gasteiger partial charge on any atom is 0.253 e. The van der Waals surface area contributed by atoms with Gasteiger partial charge in [-0.15, -0.1) is 0 Å². The maximum absolute atomic E-state index is 13.1. The first-order chi connectivity index (χ1) is 13.7. The van der Waals surface area contributed by atoms with E-state index in [1.165, 1.54) is 0 Å². The number of fused-ring (bicyclic) bond motifs is 1. The van der Waals surface area contributed by atoms with Crippen molar-refractivity contribution in [2.75, 3.05) is 39.3 Å². The Labute approximate surface area is 165 Å². The normalized spacial score (nSPS) is 19.7. The number of rotatable bonds is 4. The SMILES string of the molecule is CCOc1cccc(-c2cccc(C(=O)N3CCN4CCNC(=O)C4C3)c2)c1. The third-order valence-corrected chi connectivity index (χ3v) is 5.37. The zero-order valence-corrected chi connectivity index (χ0v) is 16.1. The van der Waals surface area contributed by atoms with Crippen molar-refractivity contribution in [1.82, 2.24) is 15.1 Å². The van der Waals surface area contributed by atoms with Crippen molar-refractivity contribution in [1.29, 1.82) is 0 Å². The van der Waals surface area contributed by atoms with Crippen molar-refractivity contribution in [3.8, 4) is 16.9 Å². The molecule has 1 atom stereocenters. The molecular formula is C22H25N3O3. The first-order valence-corrected chi connectivity index (χ1v) is 9.80. The molecule has 0 bridgehead atoms. The van der Waals surface area contributed by atoms with Crippen LogP contribution in [-0.2, 0) is 4.79 Å². The number of benzene rings is 2. The summed E-state index contributed by atoms with van der Waals surface area (Å²) in [7, 11) is 0. The Morgan fingerprint density at radius 2 is 1.89 bits per heavy atom. The second kappa shape index (κ2) is 8.02. The fraction of sp³-hybridized carbons (Fsp3) is 0.364. The minimum absolute atomic E-state index is 0.0187.